The van der Waals surface area contributed by atoms with Crippen molar-refractivity contribution in [1.82, 2.24) is 10.1 Å². The maximum atomic E-state index is 12.3. The Morgan fingerprint density at radius 2 is 2.05 bits per heavy atom. The SMILES string of the molecule is Cc1cc(OCC(=O)N(Cc2ccccc2)C(C)C)no1. The summed E-state index contributed by atoms with van der Waals surface area (Å²) >= 11 is 0. The molecule has 5 nitrogen and oxygen atoms in total. The zero-order chi connectivity index (χ0) is 15.2. The molecule has 0 radical (unpaired) electrons. The van der Waals surface area contributed by atoms with Gasteiger partial charge in [-0.25, -0.2) is 0 Å². The van der Waals surface area contributed by atoms with E-state index >= 15 is 0 Å². The van der Waals surface area contributed by atoms with E-state index in [0.29, 0.717) is 18.2 Å². The van der Waals surface area contributed by atoms with Crippen molar-refractivity contribution >= 4 is 5.91 Å². The van der Waals surface area contributed by atoms with E-state index < -0.39 is 0 Å². The summed E-state index contributed by atoms with van der Waals surface area (Å²) < 4.78 is 10.3. The average molecular weight is 288 g/mol. The fourth-order valence-corrected chi connectivity index (χ4v) is 1.97. The van der Waals surface area contributed by atoms with Crippen LogP contribution in [0.3, 0.4) is 0 Å². The third-order valence-corrected chi connectivity index (χ3v) is 3.09. The standard InChI is InChI=1S/C16H20N2O3/c1-12(2)18(10-14-7-5-4-6-8-14)16(19)11-20-15-9-13(3)21-17-15/h4-9,12H,10-11H2,1-3H3. The highest BCUT2D eigenvalue weighted by atomic mass is 16.5. The van der Waals surface area contributed by atoms with Crippen molar-refractivity contribution in [2.45, 2.75) is 33.4 Å². The molecular weight excluding hydrogens is 268 g/mol. The molecule has 5 heteroatoms. The third-order valence-electron chi connectivity index (χ3n) is 3.09. The van der Waals surface area contributed by atoms with E-state index in [1.807, 2.05) is 44.2 Å². The Labute approximate surface area is 124 Å². The molecule has 0 saturated carbocycles. The largest absolute Gasteiger partial charge is 0.465 e. The molecule has 0 aliphatic rings. The summed E-state index contributed by atoms with van der Waals surface area (Å²) in [5.74, 6) is 0.918. The summed E-state index contributed by atoms with van der Waals surface area (Å²) in [6.07, 6.45) is 0. The number of benzene rings is 1. The van der Waals surface area contributed by atoms with Gasteiger partial charge in [-0.1, -0.05) is 30.3 Å². The molecule has 0 N–H and O–H groups in total. The first-order valence-electron chi connectivity index (χ1n) is 6.96. The molecule has 1 aromatic carbocycles. The second-order valence-corrected chi connectivity index (χ2v) is 5.17. The van der Waals surface area contributed by atoms with Crippen LogP contribution in [0.2, 0.25) is 0 Å². The second kappa shape index (κ2) is 6.92. The number of hydrogen-bond acceptors (Lipinski definition) is 4. The summed E-state index contributed by atoms with van der Waals surface area (Å²) in [7, 11) is 0. The van der Waals surface area contributed by atoms with Gasteiger partial charge in [0.25, 0.3) is 11.8 Å². The van der Waals surface area contributed by atoms with Crippen LogP contribution in [0, 0.1) is 6.92 Å². The molecule has 1 amide bonds. The van der Waals surface area contributed by atoms with Gasteiger partial charge in [0.1, 0.15) is 5.76 Å². The van der Waals surface area contributed by atoms with E-state index in [1.165, 1.54) is 0 Å². The lowest BCUT2D eigenvalue weighted by atomic mass is 10.2. The zero-order valence-corrected chi connectivity index (χ0v) is 12.6. The van der Waals surface area contributed by atoms with Gasteiger partial charge in [0.2, 0.25) is 0 Å². The van der Waals surface area contributed by atoms with E-state index in [2.05, 4.69) is 5.16 Å². The number of aromatic nitrogens is 1. The minimum Gasteiger partial charge on any atom is -0.465 e. The van der Waals surface area contributed by atoms with Crippen molar-refractivity contribution in [3.8, 4) is 5.88 Å². The molecule has 0 aliphatic carbocycles. The summed E-state index contributed by atoms with van der Waals surface area (Å²) in [6.45, 7) is 6.27. The average Bonchev–Trinajstić information content (AvgIpc) is 2.89. The molecule has 0 aliphatic heterocycles. The monoisotopic (exact) mass is 288 g/mol. The summed E-state index contributed by atoms with van der Waals surface area (Å²) in [6, 6.07) is 11.7. The second-order valence-electron chi connectivity index (χ2n) is 5.17. The number of amides is 1. The molecule has 21 heavy (non-hydrogen) atoms. The van der Waals surface area contributed by atoms with Crippen LogP contribution in [0.25, 0.3) is 0 Å². The van der Waals surface area contributed by atoms with E-state index in [-0.39, 0.29) is 18.6 Å². The van der Waals surface area contributed by atoms with Crippen molar-refractivity contribution in [3.63, 3.8) is 0 Å². The Morgan fingerprint density at radius 3 is 2.62 bits per heavy atom. The molecular formula is C16H20N2O3. The van der Waals surface area contributed by atoms with Crippen LogP contribution in [0.15, 0.2) is 40.9 Å². The van der Waals surface area contributed by atoms with Gasteiger partial charge in [-0.05, 0) is 31.5 Å². The van der Waals surface area contributed by atoms with Crippen molar-refractivity contribution in [1.29, 1.82) is 0 Å². The molecule has 1 heterocycles. The van der Waals surface area contributed by atoms with Gasteiger partial charge in [0, 0.05) is 18.7 Å². The van der Waals surface area contributed by atoms with Crippen molar-refractivity contribution in [3.05, 3.63) is 47.7 Å². The van der Waals surface area contributed by atoms with E-state index in [9.17, 15) is 4.79 Å². The smallest absolute Gasteiger partial charge is 0.261 e. The Hall–Kier alpha value is -2.30. The van der Waals surface area contributed by atoms with E-state index in [0.717, 1.165) is 5.56 Å². The topological polar surface area (TPSA) is 55.6 Å². The van der Waals surface area contributed by atoms with E-state index in [4.69, 9.17) is 9.26 Å². The van der Waals surface area contributed by atoms with Crippen LogP contribution in [0.5, 0.6) is 5.88 Å². The van der Waals surface area contributed by atoms with Crippen molar-refractivity contribution < 1.29 is 14.1 Å². The van der Waals surface area contributed by atoms with Gasteiger partial charge in [0.05, 0.1) is 0 Å². The lowest BCUT2D eigenvalue weighted by Crippen LogP contribution is -2.39. The Morgan fingerprint density at radius 1 is 1.33 bits per heavy atom. The Bertz CT molecular complexity index is 578. The van der Waals surface area contributed by atoms with Crippen LogP contribution in [-0.2, 0) is 11.3 Å². The van der Waals surface area contributed by atoms with Crippen LogP contribution in [0.4, 0.5) is 0 Å². The normalized spacial score (nSPS) is 10.7. The zero-order valence-electron chi connectivity index (χ0n) is 12.6. The lowest BCUT2D eigenvalue weighted by molar-refractivity contribution is -0.135. The first-order chi connectivity index (χ1) is 10.1. The molecule has 112 valence electrons. The summed E-state index contributed by atoms with van der Waals surface area (Å²) in [5, 5.41) is 3.71. The van der Waals surface area contributed by atoms with Gasteiger partial charge in [-0.15, -0.1) is 0 Å². The third kappa shape index (κ3) is 4.34. The minimum absolute atomic E-state index is 0.0447. The number of ether oxygens (including phenoxy) is 1. The first-order valence-corrected chi connectivity index (χ1v) is 6.96. The predicted octanol–water partition coefficient (Wildman–Crippen LogP) is 2.80. The molecule has 0 fully saturated rings. The van der Waals surface area contributed by atoms with Crippen LogP contribution in [-0.4, -0.2) is 28.6 Å². The molecule has 0 bridgehead atoms. The number of carbonyl (C=O) groups is 1. The molecule has 1 aromatic heterocycles. The van der Waals surface area contributed by atoms with Gasteiger partial charge in [-0.2, -0.15) is 0 Å². The maximum Gasteiger partial charge on any atom is 0.261 e. The molecule has 2 rings (SSSR count). The highest BCUT2D eigenvalue weighted by molar-refractivity contribution is 5.78. The van der Waals surface area contributed by atoms with Crippen LogP contribution < -0.4 is 4.74 Å². The number of rotatable bonds is 6. The maximum absolute atomic E-state index is 12.3. The Balaban J connectivity index is 1.95. The van der Waals surface area contributed by atoms with Crippen LogP contribution in [0.1, 0.15) is 25.2 Å². The van der Waals surface area contributed by atoms with Crippen molar-refractivity contribution in [2.24, 2.45) is 0 Å². The fraction of sp³-hybridized carbons (Fsp3) is 0.375. The quantitative estimate of drug-likeness (QED) is 0.820. The summed E-state index contributed by atoms with van der Waals surface area (Å²) in [5.41, 5.74) is 1.09. The van der Waals surface area contributed by atoms with Gasteiger partial charge in [0.15, 0.2) is 6.61 Å². The number of aryl methyl sites for hydroxylation is 1. The van der Waals surface area contributed by atoms with Gasteiger partial charge < -0.3 is 14.2 Å². The molecule has 0 spiro atoms. The number of hydrogen-bond donors (Lipinski definition) is 0. The van der Waals surface area contributed by atoms with Gasteiger partial charge >= 0.3 is 0 Å². The van der Waals surface area contributed by atoms with E-state index in [1.54, 1.807) is 17.9 Å². The number of carbonyl (C=O) groups excluding carboxylic acids is 1. The highest BCUT2D eigenvalue weighted by Crippen LogP contribution is 2.12. The molecule has 2 aromatic rings. The number of nitrogens with zero attached hydrogens (tertiary/aromatic N) is 2. The Kier molecular flexibility index (Phi) is 4.98. The minimum atomic E-state index is -0.0745. The molecule has 0 saturated heterocycles. The predicted molar refractivity (Wildman–Crippen MR) is 78.9 cm³/mol. The van der Waals surface area contributed by atoms with Crippen LogP contribution >= 0.6 is 0 Å². The fourth-order valence-electron chi connectivity index (χ4n) is 1.97. The summed E-state index contributed by atoms with van der Waals surface area (Å²) in [4.78, 5) is 14.1. The van der Waals surface area contributed by atoms with Crippen molar-refractivity contribution in [2.75, 3.05) is 6.61 Å². The highest BCUT2D eigenvalue weighted by Gasteiger charge is 2.18. The lowest BCUT2D eigenvalue weighted by Gasteiger charge is -2.26. The molecule has 0 unspecified atom stereocenters. The van der Waals surface area contributed by atoms with Gasteiger partial charge in [-0.3, -0.25) is 4.79 Å². The molecule has 0 atom stereocenters. The first kappa shape index (κ1) is 15.1.